The van der Waals surface area contributed by atoms with Crippen LogP contribution in [0.2, 0.25) is 0 Å². The van der Waals surface area contributed by atoms with Crippen LogP contribution in [-0.2, 0) is 14.4 Å². The molecule has 39 heteroatoms. The monoisotopic (exact) mass is 2330 g/mol. The number of likely N-dealkylation sites (N-methyl/N-ethyl adjacent to an activating group) is 3. The van der Waals surface area contributed by atoms with Crippen molar-refractivity contribution in [2.24, 2.45) is 5.92 Å². The summed E-state index contributed by atoms with van der Waals surface area (Å²) in [4.78, 5) is 134. The molecule has 0 aliphatic carbocycles. The van der Waals surface area contributed by atoms with E-state index >= 15 is 0 Å². The molecule has 3 aromatic carbocycles. The molecule has 3 rings (SSSR count). The average Bonchev–Trinajstić information content (AvgIpc) is 0.777. The van der Waals surface area contributed by atoms with Crippen molar-refractivity contribution in [1.29, 1.82) is 0 Å². The Balaban J connectivity index is 2.30. The Morgan fingerprint density at radius 1 is 0.309 bits per heavy atom. The van der Waals surface area contributed by atoms with Gasteiger partial charge in [0.25, 0.3) is 53.2 Å². The van der Waals surface area contributed by atoms with E-state index in [-0.39, 0.29) is 141 Å². The second-order valence-corrected chi connectivity index (χ2v) is 31.0. The van der Waals surface area contributed by atoms with Crippen LogP contribution in [0.25, 0.3) is 0 Å². The number of benzene rings is 3. The van der Waals surface area contributed by atoms with E-state index in [4.69, 9.17) is 0 Å². The van der Waals surface area contributed by atoms with Gasteiger partial charge in [0, 0.05) is 92.3 Å². The summed E-state index contributed by atoms with van der Waals surface area (Å²) in [5.41, 5.74) is -0.668. The van der Waals surface area contributed by atoms with Gasteiger partial charge in [0.15, 0.2) is 18.3 Å². The number of rotatable bonds is 33. The maximum absolute atomic E-state index is 15.0. The first kappa shape index (κ1) is 87.2. The summed E-state index contributed by atoms with van der Waals surface area (Å²) in [5.74, 6) is -7.92. The van der Waals surface area contributed by atoms with Crippen molar-refractivity contribution < 1.29 is 104 Å². The predicted octanol–water partition coefficient (Wildman–Crippen LogP) is 0.682. The third-order valence-corrected chi connectivity index (χ3v) is 23.9. The molecule has 0 saturated heterocycles. The molecule has 30 nitrogen and oxygen atoms in total. The molecule has 3 aromatic rings. The molecule has 6 unspecified atom stereocenters. The van der Waals surface area contributed by atoms with Crippen LogP contribution >= 0.6 is 203 Å². The van der Waals surface area contributed by atoms with E-state index in [9.17, 15) is 104 Å². The standard InChI is InChI=1S/C55H70I9N9O21/c1-68(50(89)29-35(56)32(53(92)71(4)13-23(80)16-74)41(62)44(38(29)59)65-47(86)26(83)19-77)10-7-22(8-11-69(2)51(90)30-36(57)33(54(93)72(5)14-24(81)17-75)42(63)45(39(30)60)66-48(87)27(84)20-78)9-12-70(3)52(91)31-37(58)34(55(94)73(6)15-25(82)18-76)43(64)46(40(31)61)67-49(88)28(85)21-79/h22-28,74-85H,7-21H2,1-6H3,(H,65,86)(H,66,87)(H,67,88). The topological polar surface area (TPSA) is 452 Å². The second kappa shape index (κ2) is 40.6. The van der Waals surface area contributed by atoms with Gasteiger partial charge in [-0.05, 0) is 228 Å². The van der Waals surface area contributed by atoms with E-state index in [2.05, 4.69) is 16.0 Å². The number of hydrogen-bond donors (Lipinski definition) is 15. The Morgan fingerprint density at radius 2 is 0.489 bits per heavy atom. The van der Waals surface area contributed by atoms with Gasteiger partial charge in [0.2, 0.25) is 0 Å². The van der Waals surface area contributed by atoms with Gasteiger partial charge in [0.05, 0.1) is 130 Å². The number of anilines is 3. The minimum absolute atomic E-state index is 0.0625. The van der Waals surface area contributed by atoms with Crippen molar-refractivity contribution in [1.82, 2.24) is 29.4 Å². The lowest BCUT2D eigenvalue weighted by atomic mass is 9.96. The van der Waals surface area contributed by atoms with E-state index in [0.717, 1.165) is 14.7 Å². The van der Waals surface area contributed by atoms with E-state index < -0.39 is 135 Å². The fourth-order valence-electron chi connectivity index (χ4n) is 8.70. The van der Waals surface area contributed by atoms with Gasteiger partial charge in [0.1, 0.15) is 0 Å². The molecular weight excluding hydrogens is 2260 g/mol. The molecule has 524 valence electrons. The predicted molar refractivity (Wildman–Crippen MR) is 417 cm³/mol. The first-order chi connectivity index (χ1) is 43.9. The van der Waals surface area contributed by atoms with Crippen LogP contribution in [0.5, 0.6) is 0 Å². The fourth-order valence-corrected chi connectivity index (χ4v) is 21.8. The van der Waals surface area contributed by atoms with Crippen molar-refractivity contribution in [2.75, 3.05) is 137 Å². The SMILES string of the molecule is CN(CCC(CCN(C)C(=O)c1c(I)c(NC(=O)C(O)CO)c(I)c(C(=O)N(C)CC(O)CO)c1I)CCN(C)C(=O)c1c(I)c(NC(=O)C(O)CO)c(I)c(C(=O)N(C)CC(O)CO)c1I)C(=O)c1c(I)c(NC(=O)C(O)CO)c(I)c(C(=O)N(C)CC(O)CO)c1I. The van der Waals surface area contributed by atoms with Crippen LogP contribution in [0, 0.1) is 38.0 Å². The highest BCUT2D eigenvalue weighted by atomic mass is 127. The molecule has 0 radical (unpaired) electrons. The number of carbonyl (C=O) groups is 9. The Kier molecular flexibility index (Phi) is 37.6. The van der Waals surface area contributed by atoms with Crippen LogP contribution in [-0.4, -0.2) is 302 Å². The molecule has 0 bridgehead atoms. The first-order valence-corrected chi connectivity index (χ1v) is 37.4. The van der Waals surface area contributed by atoms with Gasteiger partial charge >= 0.3 is 0 Å². The number of halogens is 9. The smallest absolute Gasteiger partial charge is 0.255 e. The summed E-state index contributed by atoms with van der Waals surface area (Å²) in [6, 6.07) is 0. The molecule has 94 heavy (non-hydrogen) atoms. The Labute approximate surface area is 663 Å². The van der Waals surface area contributed by atoms with Gasteiger partial charge in [-0.3, -0.25) is 43.2 Å². The molecule has 0 aliphatic heterocycles. The van der Waals surface area contributed by atoms with Gasteiger partial charge < -0.3 is 107 Å². The summed E-state index contributed by atoms with van der Waals surface area (Å²) in [6.07, 6.45) is -9.37. The van der Waals surface area contributed by atoms with Gasteiger partial charge in [-0.2, -0.15) is 0 Å². The molecule has 0 aliphatic rings. The maximum Gasteiger partial charge on any atom is 0.255 e. The second-order valence-electron chi connectivity index (χ2n) is 21.2. The Bertz CT molecular complexity index is 2990. The number of nitrogens with one attached hydrogen (secondary N) is 3. The highest BCUT2D eigenvalue weighted by molar-refractivity contribution is 14.1. The van der Waals surface area contributed by atoms with E-state index in [1.807, 2.05) is 136 Å². The molecule has 15 N–H and O–H groups in total. The minimum atomic E-state index is -1.91. The van der Waals surface area contributed by atoms with Crippen LogP contribution in [0.4, 0.5) is 17.1 Å². The zero-order valence-corrected chi connectivity index (χ0v) is 70.2. The first-order valence-electron chi connectivity index (χ1n) is 27.7. The van der Waals surface area contributed by atoms with E-state index in [1.165, 1.54) is 57.0 Å². The zero-order valence-electron chi connectivity index (χ0n) is 50.8. The number of carbonyl (C=O) groups excluding carboxylic acids is 9. The molecule has 0 saturated carbocycles. The third kappa shape index (κ3) is 22.2. The lowest BCUT2D eigenvalue weighted by Crippen LogP contribution is -2.38. The number of hydrogen-bond acceptors (Lipinski definition) is 21. The molecule has 9 amide bonds. The quantitative estimate of drug-likeness (QED) is 0.0373. The van der Waals surface area contributed by atoms with Crippen LogP contribution in [0.1, 0.15) is 81.4 Å². The summed E-state index contributed by atoms with van der Waals surface area (Å²) in [6.45, 7) is -6.17. The van der Waals surface area contributed by atoms with Crippen LogP contribution in [0.3, 0.4) is 0 Å². The van der Waals surface area contributed by atoms with Crippen molar-refractivity contribution in [3.05, 3.63) is 65.5 Å². The highest BCUT2D eigenvalue weighted by Gasteiger charge is 2.37. The summed E-state index contributed by atoms with van der Waals surface area (Å²) in [5, 5.41) is 127. The fraction of sp³-hybridized carbons (Fsp3) is 0.509. The molecule has 0 heterocycles. The molecule has 0 aromatic heterocycles. The van der Waals surface area contributed by atoms with Gasteiger partial charge in [-0.25, -0.2) is 0 Å². The largest absolute Gasteiger partial charge is 0.394 e. The van der Waals surface area contributed by atoms with E-state index in [1.54, 1.807) is 67.8 Å². The Hall–Kier alpha value is -1.02. The Morgan fingerprint density at radius 3 is 0.660 bits per heavy atom. The van der Waals surface area contributed by atoms with Gasteiger partial charge in [-0.1, -0.05) is 0 Å². The number of aliphatic hydroxyl groups excluding tert-OH is 12. The summed E-state index contributed by atoms with van der Waals surface area (Å²) < 4.78 is 1.14. The maximum atomic E-state index is 15.0. The van der Waals surface area contributed by atoms with Crippen molar-refractivity contribution >= 4 is 274 Å². The highest BCUT2D eigenvalue weighted by Crippen LogP contribution is 2.41. The van der Waals surface area contributed by atoms with Crippen molar-refractivity contribution in [2.45, 2.75) is 55.9 Å². The summed E-state index contributed by atoms with van der Waals surface area (Å²) >= 11 is 16.2. The van der Waals surface area contributed by atoms with E-state index in [0.29, 0.717) is 0 Å². The number of aliphatic hydroxyl groups is 12. The molecular formula is C55H70I9N9O21. The summed E-state index contributed by atoms with van der Waals surface area (Å²) in [7, 11) is 8.42. The van der Waals surface area contributed by atoms with Gasteiger partial charge in [-0.15, -0.1) is 0 Å². The molecule has 0 spiro atoms. The normalized spacial score (nSPS) is 13.6. The van der Waals surface area contributed by atoms with Crippen LogP contribution < -0.4 is 16.0 Å². The third-order valence-electron chi connectivity index (χ3n) is 14.2. The molecule has 0 fully saturated rings. The average molecular weight is 2340 g/mol. The van der Waals surface area contributed by atoms with Crippen LogP contribution in [0.15, 0.2) is 0 Å². The zero-order chi connectivity index (χ0) is 71.8. The van der Waals surface area contributed by atoms with Crippen molar-refractivity contribution in [3.63, 3.8) is 0 Å². The molecule has 6 atom stereocenters. The number of amides is 9. The minimum Gasteiger partial charge on any atom is -0.394 e. The number of nitrogens with zero attached hydrogens (tertiary/aromatic N) is 6. The lowest BCUT2D eigenvalue weighted by molar-refractivity contribution is -0.126. The lowest BCUT2D eigenvalue weighted by Gasteiger charge is -2.29. The van der Waals surface area contributed by atoms with Crippen molar-refractivity contribution in [3.8, 4) is 0 Å².